The lowest BCUT2D eigenvalue weighted by Crippen LogP contribution is -2.18. The third kappa shape index (κ3) is 3.58. The fourth-order valence-electron chi connectivity index (χ4n) is 1.22. The standard InChI is InChI=1S/C11H16N2O/c1-9(14)13-8-11-4-2-10(3-5-11)6-7-12/h2-5H,6-8,12H2,1H3,(H,13,14). The van der Waals surface area contributed by atoms with Crippen LogP contribution in [0.3, 0.4) is 0 Å². The Morgan fingerprint density at radius 2 is 1.86 bits per heavy atom. The van der Waals surface area contributed by atoms with Gasteiger partial charge in [0.2, 0.25) is 5.91 Å². The zero-order valence-electron chi connectivity index (χ0n) is 8.42. The molecule has 0 saturated carbocycles. The van der Waals surface area contributed by atoms with E-state index in [1.54, 1.807) is 0 Å². The van der Waals surface area contributed by atoms with Gasteiger partial charge in [0.25, 0.3) is 0 Å². The summed E-state index contributed by atoms with van der Waals surface area (Å²) in [6.45, 7) is 2.78. The molecule has 3 N–H and O–H groups in total. The highest BCUT2D eigenvalue weighted by molar-refractivity contribution is 5.72. The monoisotopic (exact) mass is 192 g/mol. The number of rotatable bonds is 4. The van der Waals surface area contributed by atoms with Gasteiger partial charge in [-0.05, 0) is 24.1 Å². The minimum atomic E-state index is -0.00367. The second-order valence-corrected chi connectivity index (χ2v) is 3.26. The van der Waals surface area contributed by atoms with Crippen molar-refractivity contribution in [2.75, 3.05) is 6.54 Å². The quantitative estimate of drug-likeness (QED) is 0.742. The highest BCUT2D eigenvalue weighted by atomic mass is 16.1. The molecule has 3 nitrogen and oxygen atoms in total. The second kappa shape index (κ2) is 5.40. The number of benzene rings is 1. The van der Waals surface area contributed by atoms with Crippen LogP contribution in [0.5, 0.6) is 0 Å². The van der Waals surface area contributed by atoms with Gasteiger partial charge in [0.1, 0.15) is 0 Å². The van der Waals surface area contributed by atoms with Crippen LogP contribution in [0.1, 0.15) is 18.1 Å². The average molecular weight is 192 g/mol. The first-order chi connectivity index (χ1) is 6.72. The van der Waals surface area contributed by atoms with Crippen molar-refractivity contribution in [1.82, 2.24) is 5.32 Å². The largest absolute Gasteiger partial charge is 0.352 e. The van der Waals surface area contributed by atoms with Crippen molar-refractivity contribution in [3.8, 4) is 0 Å². The first-order valence-corrected chi connectivity index (χ1v) is 4.74. The molecular formula is C11H16N2O. The van der Waals surface area contributed by atoms with E-state index in [0.29, 0.717) is 13.1 Å². The molecule has 0 spiro atoms. The molecule has 0 aliphatic rings. The molecule has 3 heteroatoms. The summed E-state index contributed by atoms with van der Waals surface area (Å²) < 4.78 is 0. The molecule has 1 amide bonds. The van der Waals surface area contributed by atoms with Crippen molar-refractivity contribution in [2.45, 2.75) is 19.9 Å². The number of nitrogens with one attached hydrogen (secondary N) is 1. The normalized spacial score (nSPS) is 9.86. The molecule has 0 aliphatic heterocycles. The van der Waals surface area contributed by atoms with Gasteiger partial charge in [0.15, 0.2) is 0 Å². The maximum absolute atomic E-state index is 10.7. The fraction of sp³-hybridized carbons (Fsp3) is 0.364. The van der Waals surface area contributed by atoms with Crippen molar-refractivity contribution in [2.24, 2.45) is 5.73 Å². The first-order valence-electron chi connectivity index (χ1n) is 4.74. The minimum absolute atomic E-state index is 0.00367. The number of nitrogens with two attached hydrogens (primary N) is 1. The Morgan fingerprint density at radius 3 is 2.36 bits per heavy atom. The molecule has 1 aromatic carbocycles. The SMILES string of the molecule is CC(=O)NCc1ccc(CCN)cc1. The molecule has 1 aromatic rings. The van der Waals surface area contributed by atoms with E-state index in [-0.39, 0.29) is 5.91 Å². The third-order valence-corrected chi connectivity index (χ3v) is 2.00. The lowest BCUT2D eigenvalue weighted by atomic mass is 10.1. The number of carbonyl (C=O) groups excluding carboxylic acids is 1. The zero-order valence-corrected chi connectivity index (χ0v) is 8.42. The predicted molar refractivity (Wildman–Crippen MR) is 56.7 cm³/mol. The van der Waals surface area contributed by atoms with Crippen LogP contribution in [-0.4, -0.2) is 12.5 Å². The van der Waals surface area contributed by atoms with Crippen LogP contribution in [0.2, 0.25) is 0 Å². The Kier molecular flexibility index (Phi) is 4.13. The molecular weight excluding hydrogens is 176 g/mol. The molecule has 0 bridgehead atoms. The number of hydrogen-bond acceptors (Lipinski definition) is 2. The lowest BCUT2D eigenvalue weighted by molar-refractivity contribution is -0.119. The molecule has 0 unspecified atom stereocenters. The topological polar surface area (TPSA) is 55.1 Å². The van der Waals surface area contributed by atoms with Gasteiger partial charge in [0, 0.05) is 13.5 Å². The lowest BCUT2D eigenvalue weighted by Gasteiger charge is -2.03. The highest BCUT2D eigenvalue weighted by Gasteiger charge is 1.95. The molecule has 76 valence electrons. The van der Waals surface area contributed by atoms with Crippen LogP contribution >= 0.6 is 0 Å². The van der Waals surface area contributed by atoms with E-state index in [1.165, 1.54) is 12.5 Å². The van der Waals surface area contributed by atoms with Crippen LogP contribution in [0, 0.1) is 0 Å². The van der Waals surface area contributed by atoms with E-state index in [4.69, 9.17) is 5.73 Å². The van der Waals surface area contributed by atoms with Gasteiger partial charge in [-0.1, -0.05) is 24.3 Å². The second-order valence-electron chi connectivity index (χ2n) is 3.26. The molecule has 0 atom stereocenters. The summed E-state index contributed by atoms with van der Waals surface area (Å²) in [5.41, 5.74) is 7.79. The molecule has 0 fully saturated rings. The molecule has 0 aliphatic carbocycles. The summed E-state index contributed by atoms with van der Waals surface area (Å²) in [5.74, 6) is -0.00367. The third-order valence-electron chi connectivity index (χ3n) is 2.00. The van der Waals surface area contributed by atoms with Crippen molar-refractivity contribution in [1.29, 1.82) is 0 Å². The summed E-state index contributed by atoms with van der Waals surface area (Å²) in [7, 11) is 0. The molecule has 0 saturated heterocycles. The Labute approximate surface area is 84.3 Å². The summed E-state index contributed by atoms with van der Waals surface area (Å²) >= 11 is 0. The molecule has 0 radical (unpaired) electrons. The molecule has 1 rings (SSSR count). The molecule has 0 heterocycles. The predicted octanol–water partition coefficient (Wildman–Crippen LogP) is 0.824. The molecule has 14 heavy (non-hydrogen) atoms. The Morgan fingerprint density at radius 1 is 1.29 bits per heavy atom. The van der Waals surface area contributed by atoms with E-state index >= 15 is 0 Å². The molecule has 0 aromatic heterocycles. The van der Waals surface area contributed by atoms with Gasteiger partial charge in [-0.25, -0.2) is 0 Å². The van der Waals surface area contributed by atoms with E-state index in [2.05, 4.69) is 5.32 Å². The van der Waals surface area contributed by atoms with Gasteiger partial charge >= 0.3 is 0 Å². The van der Waals surface area contributed by atoms with Gasteiger partial charge in [-0.2, -0.15) is 0 Å². The van der Waals surface area contributed by atoms with Crippen LogP contribution in [0.25, 0.3) is 0 Å². The van der Waals surface area contributed by atoms with Crippen molar-refractivity contribution in [3.63, 3.8) is 0 Å². The van der Waals surface area contributed by atoms with Crippen LogP contribution < -0.4 is 11.1 Å². The van der Waals surface area contributed by atoms with Crippen molar-refractivity contribution < 1.29 is 4.79 Å². The van der Waals surface area contributed by atoms with Crippen LogP contribution in [-0.2, 0) is 17.8 Å². The van der Waals surface area contributed by atoms with Crippen molar-refractivity contribution >= 4 is 5.91 Å². The minimum Gasteiger partial charge on any atom is -0.352 e. The van der Waals surface area contributed by atoms with Crippen molar-refractivity contribution in [3.05, 3.63) is 35.4 Å². The summed E-state index contributed by atoms with van der Waals surface area (Å²) in [6.07, 6.45) is 0.903. The van der Waals surface area contributed by atoms with E-state index < -0.39 is 0 Å². The summed E-state index contributed by atoms with van der Waals surface area (Å²) in [4.78, 5) is 10.7. The van der Waals surface area contributed by atoms with E-state index in [0.717, 1.165) is 12.0 Å². The van der Waals surface area contributed by atoms with Gasteiger partial charge in [-0.15, -0.1) is 0 Å². The Bertz CT molecular complexity index is 293. The first kappa shape index (κ1) is 10.7. The highest BCUT2D eigenvalue weighted by Crippen LogP contribution is 2.04. The zero-order chi connectivity index (χ0) is 10.4. The van der Waals surface area contributed by atoms with Gasteiger partial charge in [0.05, 0.1) is 0 Å². The van der Waals surface area contributed by atoms with Crippen LogP contribution in [0.4, 0.5) is 0 Å². The van der Waals surface area contributed by atoms with Gasteiger partial charge in [-0.3, -0.25) is 4.79 Å². The average Bonchev–Trinajstić information content (AvgIpc) is 2.17. The summed E-state index contributed by atoms with van der Waals surface area (Å²) in [6, 6.07) is 8.12. The Balaban J connectivity index is 2.50. The number of hydrogen-bond donors (Lipinski definition) is 2. The van der Waals surface area contributed by atoms with E-state index in [1.807, 2.05) is 24.3 Å². The maximum Gasteiger partial charge on any atom is 0.217 e. The number of carbonyl (C=O) groups is 1. The smallest absolute Gasteiger partial charge is 0.217 e. The summed E-state index contributed by atoms with van der Waals surface area (Å²) in [5, 5.41) is 2.75. The Hall–Kier alpha value is -1.35. The fourth-order valence-corrected chi connectivity index (χ4v) is 1.22. The number of amides is 1. The maximum atomic E-state index is 10.7. The van der Waals surface area contributed by atoms with Gasteiger partial charge < -0.3 is 11.1 Å². The van der Waals surface area contributed by atoms with Crippen LogP contribution in [0.15, 0.2) is 24.3 Å². The van der Waals surface area contributed by atoms with E-state index in [9.17, 15) is 4.79 Å².